The van der Waals surface area contributed by atoms with Crippen molar-refractivity contribution in [2.45, 2.75) is 13.8 Å². The quantitative estimate of drug-likeness (QED) is 0.805. The minimum Gasteiger partial charge on any atom is -0.396 e. The van der Waals surface area contributed by atoms with Crippen molar-refractivity contribution in [3.8, 4) is 0 Å². The zero-order chi connectivity index (χ0) is 11.5. The smallest absolute Gasteiger partial charge is 0.153 e. The largest absolute Gasteiger partial charge is 0.396 e. The summed E-state index contributed by atoms with van der Waals surface area (Å²) in [6.07, 6.45) is 3.49. The lowest BCUT2D eigenvalue weighted by molar-refractivity contribution is 1.19. The molecular formula is C12H14N4. The van der Waals surface area contributed by atoms with Gasteiger partial charge in [-0.05, 0) is 37.6 Å². The molecule has 4 heteroatoms. The highest BCUT2D eigenvalue weighted by Gasteiger charge is 2.05. The van der Waals surface area contributed by atoms with Crippen LogP contribution in [0.4, 0.5) is 17.2 Å². The standard InChI is InChI=1S/C12H14N4/c1-8-5-7-15-12(11(8)13)16-10-4-3-6-14-9(10)2/h3-7H,13H2,1-2H3,(H,15,16). The first-order valence-electron chi connectivity index (χ1n) is 5.08. The van der Waals surface area contributed by atoms with Crippen LogP contribution in [-0.2, 0) is 0 Å². The van der Waals surface area contributed by atoms with Gasteiger partial charge in [-0.2, -0.15) is 0 Å². The monoisotopic (exact) mass is 214 g/mol. The van der Waals surface area contributed by atoms with Gasteiger partial charge >= 0.3 is 0 Å². The van der Waals surface area contributed by atoms with E-state index in [0.717, 1.165) is 16.9 Å². The van der Waals surface area contributed by atoms with Gasteiger partial charge in [0.25, 0.3) is 0 Å². The topological polar surface area (TPSA) is 63.8 Å². The average molecular weight is 214 g/mol. The summed E-state index contributed by atoms with van der Waals surface area (Å²) in [5, 5.41) is 3.18. The lowest BCUT2D eigenvalue weighted by atomic mass is 10.2. The second-order valence-corrected chi connectivity index (χ2v) is 3.65. The molecule has 0 spiro atoms. The van der Waals surface area contributed by atoms with Crippen LogP contribution in [0.3, 0.4) is 0 Å². The van der Waals surface area contributed by atoms with Crippen LogP contribution in [-0.4, -0.2) is 9.97 Å². The lowest BCUT2D eigenvalue weighted by Crippen LogP contribution is -2.02. The first-order valence-corrected chi connectivity index (χ1v) is 5.08. The molecule has 0 amide bonds. The molecule has 0 atom stereocenters. The lowest BCUT2D eigenvalue weighted by Gasteiger charge is -2.11. The van der Waals surface area contributed by atoms with Gasteiger partial charge in [0.05, 0.1) is 17.1 Å². The van der Waals surface area contributed by atoms with Crippen molar-refractivity contribution in [3.63, 3.8) is 0 Å². The SMILES string of the molecule is Cc1ccnc(Nc2cccnc2C)c1N. The number of nitrogen functional groups attached to an aromatic ring is 1. The van der Waals surface area contributed by atoms with Crippen molar-refractivity contribution in [2.75, 3.05) is 11.1 Å². The van der Waals surface area contributed by atoms with E-state index in [1.165, 1.54) is 0 Å². The molecule has 0 bridgehead atoms. The Kier molecular flexibility index (Phi) is 2.72. The summed E-state index contributed by atoms with van der Waals surface area (Å²) >= 11 is 0. The van der Waals surface area contributed by atoms with Gasteiger partial charge in [-0.25, -0.2) is 4.98 Å². The van der Waals surface area contributed by atoms with Crippen molar-refractivity contribution in [1.29, 1.82) is 0 Å². The van der Waals surface area contributed by atoms with Crippen LogP contribution in [0.25, 0.3) is 0 Å². The first kappa shape index (κ1) is 10.4. The molecule has 0 aliphatic carbocycles. The molecule has 0 aliphatic rings. The maximum Gasteiger partial charge on any atom is 0.153 e. The maximum atomic E-state index is 5.94. The van der Waals surface area contributed by atoms with E-state index in [-0.39, 0.29) is 0 Å². The minimum atomic E-state index is 0.672. The summed E-state index contributed by atoms with van der Waals surface area (Å²) in [7, 11) is 0. The summed E-state index contributed by atoms with van der Waals surface area (Å²) in [6, 6.07) is 5.71. The van der Waals surface area contributed by atoms with Crippen LogP contribution < -0.4 is 11.1 Å². The summed E-state index contributed by atoms with van der Waals surface area (Å²) in [6.45, 7) is 3.90. The molecule has 2 rings (SSSR count). The summed E-state index contributed by atoms with van der Waals surface area (Å²) in [5.41, 5.74) is 9.47. The van der Waals surface area contributed by atoms with Crippen molar-refractivity contribution >= 4 is 17.2 Å². The average Bonchev–Trinajstić information content (AvgIpc) is 2.28. The van der Waals surface area contributed by atoms with Crippen molar-refractivity contribution in [1.82, 2.24) is 9.97 Å². The number of rotatable bonds is 2. The Bertz CT molecular complexity index is 508. The number of aromatic nitrogens is 2. The molecule has 0 aliphatic heterocycles. The molecule has 0 saturated carbocycles. The van der Waals surface area contributed by atoms with Crippen molar-refractivity contribution < 1.29 is 0 Å². The first-order chi connectivity index (χ1) is 7.68. The van der Waals surface area contributed by atoms with Gasteiger partial charge in [0.2, 0.25) is 0 Å². The van der Waals surface area contributed by atoms with Crippen molar-refractivity contribution in [2.24, 2.45) is 0 Å². The van der Waals surface area contributed by atoms with E-state index in [2.05, 4.69) is 15.3 Å². The van der Waals surface area contributed by atoms with Crippen LogP contribution >= 0.6 is 0 Å². The molecular weight excluding hydrogens is 200 g/mol. The Balaban J connectivity index is 2.35. The fourth-order valence-corrected chi connectivity index (χ4v) is 1.41. The normalized spacial score (nSPS) is 10.1. The third-order valence-corrected chi connectivity index (χ3v) is 2.47. The molecule has 2 aromatic heterocycles. The van der Waals surface area contributed by atoms with Crippen LogP contribution in [0.2, 0.25) is 0 Å². The zero-order valence-corrected chi connectivity index (χ0v) is 9.36. The van der Waals surface area contributed by atoms with Crippen LogP contribution in [0.15, 0.2) is 30.6 Å². The highest BCUT2D eigenvalue weighted by atomic mass is 15.0. The molecule has 4 nitrogen and oxygen atoms in total. The Hall–Kier alpha value is -2.10. The maximum absolute atomic E-state index is 5.94. The second-order valence-electron chi connectivity index (χ2n) is 3.65. The molecule has 0 aromatic carbocycles. The Morgan fingerprint density at radius 2 is 1.94 bits per heavy atom. The number of nitrogens with zero attached hydrogens (tertiary/aromatic N) is 2. The van der Waals surface area contributed by atoms with E-state index in [4.69, 9.17) is 5.73 Å². The van der Waals surface area contributed by atoms with E-state index in [0.29, 0.717) is 11.5 Å². The van der Waals surface area contributed by atoms with Gasteiger partial charge < -0.3 is 11.1 Å². The van der Waals surface area contributed by atoms with Crippen LogP contribution in [0.5, 0.6) is 0 Å². The third kappa shape index (κ3) is 1.95. The summed E-state index contributed by atoms with van der Waals surface area (Å²) < 4.78 is 0. The van der Waals surface area contributed by atoms with E-state index >= 15 is 0 Å². The predicted octanol–water partition coefficient (Wildman–Crippen LogP) is 2.42. The van der Waals surface area contributed by atoms with Gasteiger partial charge in [-0.15, -0.1) is 0 Å². The number of hydrogen-bond acceptors (Lipinski definition) is 4. The van der Waals surface area contributed by atoms with Crippen molar-refractivity contribution in [3.05, 3.63) is 41.9 Å². The number of anilines is 3. The number of nitrogens with one attached hydrogen (secondary N) is 1. The highest BCUT2D eigenvalue weighted by molar-refractivity contribution is 5.71. The molecule has 16 heavy (non-hydrogen) atoms. The number of pyridine rings is 2. The van der Waals surface area contributed by atoms with E-state index in [1.54, 1.807) is 12.4 Å². The zero-order valence-electron chi connectivity index (χ0n) is 9.36. The Morgan fingerprint density at radius 3 is 2.69 bits per heavy atom. The number of nitrogens with two attached hydrogens (primary N) is 1. The molecule has 0 unspecified atom stereocenters. The summed E-state index contributed by atoms with van der Waals surface area (Å²) in [4.78, 5) is 8.41. The van der Waals surface area contributed by atoms with Gasteiger partial charge in [0, 0.05) is 12.4 Å². The van der Waals surface area contributed by atoms with Gasteiger partial charge in [0.15, 0.2) is 5.82 Å². The van der Waals surface area contributed by atoms with Gasteiger partial charge in [0.1, 0.15) is 0 Å². The molecule has 0 radical (unpaired) electrons. The fourth-order valence-electron chi connectivity index (χ4n) is 1.41. The molecule has 3 N–H and O–H groups in total. The predicted molar refractivity (Wildman–Crippen MR) is 65.6 cm³/mol. The molecule has 0 fully saturated rings. The van der Waals surface area contributed by atoms with Crippen LogP contribution in [0.1, 0.15) is 11.3 Å². The molecule has 0 saturated heterocycles. The highest BCUT2D eigenvalue weighted by Crippen LogP contribution is 2.23. The Labute approximate surface area is 94.5 Å². The van der Waals surface area contributed by atoms with E-state index in [1.807, 2.05) is 32.0 Å². The van der Waals surface area contributed by atoms with Crippen LogP contribution in [0, 0.1) is 13.8 Å². The Morgan fingerprint density at radius 1 is 1.12 bits per heavy atom. The number of hydrogen-bond donors (Lipinski definition) is 2. The summed E-state index contributed by atoms with van der Waals surface area (Å²) in [5.74, 6) is 0.677. The molecule has 2 aromatic rings. The molecule has 82 valence electrons. The third-order valence-electron chi connectivity index (χ3n) is 2.47. The fraction of sp³-hybridized carbons (Fsp3) is 0.167. The van der Waals surface area contributed by atoms with E-state index in [9.17, 15) is 0 Å². The number of aryl methyl sites for hydroxylation is 2. The minimum absolute atomic E-state index is 0.672. The van der Waals surface area contributed by atoms with E-state index < -0.39 is 0 Å². The molecule has 2 heterocycles. The van der Waals surface area contributed by atoms with Gasteiger partial charge in [-0.3, -0.25) is 4.98 Å². The second kappa shape index (κ2) is 4.18. The van der Waals surface area contributed by atoms with Gasteiger partial charge in [-0.1, -0.05) is 0 Å².